The Labute approximate surface area is 154 Å². The van der Waals surface area contributed by atoms with E-state index in [0.717, 1.165) is 41.9 Å². The number of fused-ring (bicyclic) bond motifs is 1. The fourth-order valence-corrected chi connectivity index (χ4v) is 3.00. The molecule has 0 radical (unpaired) electrons. The van der Waals surface area contributed by atoms with E-state index in [-0.39, 0.29) is 12.7 Å². The summed E-state index contributed by atoms with van der Waals surface area (Å²) in [6, 6.07) is 5.87. The Kier molecular flexibility index (Phi) is 6.30. The molecule has 1 saturated heterocycles. The van der Waals surface area contributed by atoms with Crippen molar-refractivity contribution in [3.63, 3.8) is 0 Å². The molecular formula is C20H26N2O4. The number of ether oxygens (including phenoxy) is 2. The fraction of sp³-hybridized carbons (Fsp3) is 0.450. The Morgan fingerprint density at radius 1 is 1.15 bits per heavy atom. The number of rotatable bonds is 6. The molecule has 2 aliphatic heterocycles. The Morgan fingerprint density at radius 2 is 1.92 bits per heavy atom. The zero-order valence-corrected chi connectivity index (χ0v) is 15.2. The minimum atomic E-state index is -0.00816. The molecule has 0 unspecified atom stereocenters. The van der Waals surface area contributed by atoms with Crippen LogP contribution >= 0.6 is 0 Å². The molecule has 6 heteroatoms. The molecule has 3 rings (SSSR count). The smallest absolute Gasteiger partial charge is 0.246 e. The molecule has 1 N–H and O–H groups in total. The number of piperazine rings is 1. The lowest BCUT2D eigenvalue weighted by atomic mass is 10.0. The Bertz CT molecular complexity index is 691. The predicted molar refractivity (Wildman–Crippen MR) is 99.1 cm³/mol. The van der Waals surface area contributed by atoms with Crippen LogP contribution in [-0.4, -0.2) is 54.0 Å². The van der Waals surface area contributed by atoms with Gasteiger partial charge in [0.05, 0.1) is 0 Å². The van der Waals surface area contributed by atoms with Crippen LogP contribution in [0.15, 0.2) is 35.9 Å². The second-order valence-corrected chi connectivity index (χ2v) is 6.55. The minimum Gasteiger partial charge on any atom is -0.454 e. The number of nitrogens with zero attached hydrogens (tertiary/aromatic N) is 2. The first-order valence-corrected chi connectivity index (χ1v) is 9.16. The molecule has 0 spiro atoms. The highest BCUT2D eigenvalue weighted by Crippen LogP contribution is 2.33. The van der Waals surface area contributed by atoms with E-state index in [1.807, 2.05) is 24.3 Å². The van der Waals surface area contributed by atoms with E-state index in [1.165, 1.54) is 5.06 Å². The van der Waals surface area contributed by atoms with E-state index < -0.39 is 0 Å². The summed E-state index contributed by atoms with van der Waals surface area (Å²) in [5, 5.41) is 10.7. The molecule has 140 valence electrons. The minimum absolute atomic E-state index is 0.00816. The zero-order valence-electron chi connectivity index (χ0n) is 15.2. The SMILES string of the molecule is CCCCC(/C=C/C(=O)N1CCN(O)CC1)=C\c1ccc2c(c1)OCO2. The molecule has 1 amide bonds. The summed E-state index contributed by atoms with van der Waals surface area (Å²) in [6.07, 6.45) is 8.72. The first-order valence-electron chi connectivity index (χ1n) is 9.16. The van der Waals surface area contributed by atoms with Gasteiger partial charge in [-0.05, 0) is 36.1 Å². The fourth-order valence-electron chi connectivity index (χ4n) is 3.00. The largest absolute Gasteiger partial charge is 0.454 e. The van der Waals surface area contributed by atoms with Gasteiger partial charge in [-0.3, -0.25) is 4.79 Å². The molecule has 2 heterocycles. The van der Waals surface area contributed by atoms with E-state index in [4.69, 9.17) is 9.47 Å². The van der Waals surface area contributed by atoms with Crippen LogP contribution in [0.2, 0.25) is 0 Å². The summed E-state index contributed by atoms with van der Waals surface area (Å²) in [6.45, 7) is 4.51. The summed E-state index contributed by atoms with van der Waals surface area (Å²) >= 11 is 0. The Hall–Kier alpha value is -2.31. The van der Waals surface area contributed by atoms with Gasteiger partial charge in [-0.1, -0.05) is 31.6 Å². The molecule has 26 heavy (non-hydrogen) atoms. The number of hydrogen-bond acceptors (Lipinski definition) is 5. The van der Waals surface area contributed by atoms with Gasteiger partial charge < -0.3 is 19.6 Å². The third kappa shape index (κ3) is 4.86. The van der Waals surface area contributed by atoms with Crippen LogP contribution in [0, 0.1) is 0 Å². The lowest BCUT2D eigenvalue weighted by molar-refractivity contribution is -0.141. The van der Waals surface area contributed by atoms with E-state index in [0.29, 0.717) is 26.2 Å². The first-order chi connectivity index (χ1) is 12.7. The standard InChI is InChI=1S/C20H26N2O4/c1-2-3-4-16(6-8-20(23)21-9-11-22(24)12-10-21)13-17-5-7-18-19(14-17)26-15-25-18/h5-8,13-14,24H,2-4,9-12,15H2,1H3/b8-6+,16-13+. The maximum atomic E-state index is 12.4. The number of carbonyl (C=O) groups is 1. The summed E-state index contributed by atoms with van der Waals surface area (Å²) in [5.74, 6) is 1.52. The predicted octanol–water partition coefficient (Wildman–Crippen LogP) is 3.08. The third-order valence-electron chi connectivity index (χ3n) is 4.58. The molecule has 0 atom stereocenters. The molecule has 0 saturated carbocycles. The Morgan fingerprint density at radius 3 is 2.69 bits per heavy atom. The number of hydroxylamine groups is 2. The number of allylic oxidation sites excluding steroid dienone is 2. The van der Waals surface area contributed by atoms with Gasteiger partial charge in [-0.15, -0.1) is 0 Å². The van der Waals surface area contributed by atoms with Crippen LogP contribution in [0.5, 0.6) is 11.5 Å². The molecule has 1 aromatic rings. The number of carbonyl (C=O) groups excluding carboxylic acids is 1. The summed E-state index contributed by atoms with van der Waals surface area (Å²) < 4.78 is 10.8. The quantitative estimate of drug-likeness (QED) is 0.625. The van der Waals surface area contributed by atoms with Gasteiger partial charge >= 0.3 is 0 Å². The van der Waals surface area contributed by atoms with Crippen molar-refractivity contribution in [3.05, 3.63) is 41.5 Å². The maximum absolute atomic E-state index is 12.4. The van der Waals surface area contributed by atoms with Crippen molar-refractivity contribution in [2.45, 2.75) is 26.2 Å². The van der Waals surface area contributed by atoms with Crippen LogP contribution in [0.4, 0.5) is 0 Å². The van der Waals surface area contributed by atoms with E-state index in [2.05, 4.69) is 13.0 Å². The van der Waals surface area contributed by atoms with Gasteiger partial charge in [0, 0.05) is 32.3 Å². The van der Waals surface area contributed by atoms with Gasteiger partial charge in [-0.2, -0.15) is 5.06 Å². The van der Waals surface area contributed by atoms with Crippen LogP contribution in [-0.2, 0) is 4.79 Å². The second kappa shape index (κ2) is 8.87. The van der Waals surface area contributed by atoms with Crippen LogP contribution in [0.1, 0.15) is 31.7 Å². The highest BCUT2D eigenvalue weighted by molar-refractivity contribution is 5.88. The molecular weight excluding hydrogens is 332 g/mol. The van der Waals surface area contributed by atoms with Crippen molar-refractivity contribution in [2.24, 2.45) is 0 Å². The van der Waals surface area contributed by atoms with Gasteiger partial charge in [0.25, 0.3) is 0 Å². The summed E-state index contributed by atoms with van der Waals surface area (Å²) in [4.78, 5) is 14.1. The molecule has 0 aliphatic carbocycles. The first kappa shape index (κ1) is 18.5. The van der Waals surface area contributed by atoms with Crippen molar-refractivity contribution in [1.82, 2.24) is 9.96 Å². The Balaban J connectivity index is 1.70. The van der Waals surface area contributed by atoms with Gasteiger partial charge in [0.15, 0.2) is 11.5 Å². The molecule has 0 aromatic heterocycles. The molecule has 0 bridgehead atoms. The van der Waals surface area contributed by atoms with Crippen molar-refractivity contribution in [3.8, 4) is 11.5 Å². The van der Waals surface area contributed by atoms with Crippen molar-refractivity contribution >= 4 is 12.0 Å². The lowest BCUT2D eigenvalue weighted by Gasteiger charge is -2.30. The lowest BCUT2D eigenvalue weighted by Crippen LogP contribution is -2.46. The van der Waals surface area contributed by atoms with Crippen molar-refractivity contribution in [1.29, 1.82) is 0 Å². The van der Waals surface area contributed by atoms with Crippen LogP contribution in [0.3, 0.4) is 0 Å². The normalized spacial score (nSPS) is 17.9. The number of hydrogen-bond donors (Lipinski definition) is 1. The van der Waals surface area contributed by atoms with Crippen LogP contribution < -0.4 is 9.47 Å². The van der Waals surface area contributed by atoms with Crippen molar-refractivity contribution in [2.75, 3.05) is 33.0 Å². The topological polar surface area (TPSA) is 62.2 Å². The second-order valence-electron chi connectivity index (χ2n) is 6.55. The highest BCUT2D eigenvalue weighted by atomic mass is 16.7. The number of amides is 1. The van der Waals surface area contributed by atoms with Crippen molar-refractivity contribution < 1.29 is 19.5 Å². The third-order valence-corrected chi connectivity index (χ3v) is 4.58. The summed E-state index contributed by atoms with van der Waals surface area (Å²) in [5.41, 5.74) is 2.14. The van der Waals surface area contributed by atoms with E-state index in [9.17, 15) is 10.0 Å². The number of benzene rings is 1. The zero-order chi connectivity index (χ0) is 18.4. The van der Waals surface area contributed by atoms with Gasteiger partial charge in [0.2, 0.25) is 12.7 Å². The molecule has 2 aliphatic rings. The van der Waals surface area contributed by atoms with E-state index >= 15 is 0 Å². The average molecular weight is 358 g/mol. The average Bonchev–Trinajstić information content (AvgIpc) is 3.12. The van der Waals surface area contributed by atoms with Gasteiger partial charge in [-0.25, -0.2) is 0 Å². The monoisotopic (exact) mass is 358 g/mol. The van der Waals surface area contributed by atoms with Gasteiger partial charge in [0.1, 0.15) is 0 Å². The summed E-state index contributed by atoms with van der Waals surface area (Å²) in [7, 11) is 0. The highest BCUT2D eigenvalue weighted by Gasteiger charge is 2.18. The molecule has 1 fully saturated rings. The molecule has 1 aromatic carbocycles. The molecule has 6 nitrogen and oxygen atoms in total. The van der Waals surface area contributed by atoms with Crippen LogP contribution in [0.25, 0.3) is 6.08 Å². The maximum Gasteiger partial charge on any atom is 0.246 e. The number of unbranched alkanes of at least 4 members (excludes halogenated alkanes) is 1. The van der Waals surface area contributed by atoms with E-state index in [1.54, 1.807) is 11.0 Å².